The lowest BCUT2D eigenvalue weighted by Crippen LogP contribution is -2.35. The number of rotatable bonds is 2. The zero-order valence-electron chi connectivity index (χ0n) is 13.3. The fraction of sp³-hybridized carbons (Fsp3) is 0.375. The van der Waals surface area contributed by atoms with Crippen LogP contribution in [0.4, 0.5) is 19.0 Å². The summed E-state index contributed by atoms with van der Waals surface area (Å²) in [5.41, 5.74) is -0.420. The first kappa shape index (κ1) is 17.1. The van der Waals surface area contributed by atoms with Gasteiger partial charge in [-0.2, -0.15) is 13.2 Å². The SMILES string of the molecule is O=C(c1ccncc1)N1CCCN(c2cc(C(F)(F)F)ncn2)CC1. The number of nitrogens with zero attached hydrogens (tertiary/aromatic N) is 5. The minimum atomic E-state index is -4.51. The van der Waals surface area contributed by atoms with E-state index in [0.29, 0.717) is 38.2 Å². The van der Waals surface area contributed by atoms with Gasteiger partial charge in [0.2, 0.25) is 0 Å². The number of alkyl halides is 3. The summed E-state index contributed by atoms with van der Waals surface area (Å²) in [6.07, 6.45) is 0.159. The van der Waals surface area contributed by atoms with Crippen LogP contribution in [0, 0.1) is 0 Å². The highest BCUT2D eigenvalue weighted by Gasteiger charge is 2.33. The van der Waals surface area contributed by atoms with Crippen LogP contribution in [0.3, 0.4) is 0 Å². The van der Waals surface area contributed by atoms with E-state index in [9.17, 15) is 18.0 Å². The molecule has 0 saturated carbocycles. The lowest BCUT2D eigenvalue weighted by molar-refractivity contribution is -0.141. The van der Waals surface area contributed by atoms with Crippen LogP contribution in [0.1, 0.15) is 22.5 Å². The second-order valence-electron chi connectivity index (χ2n) is 5.63. The minimum Gasteiger partial charge on any atom is -0.355 e. The second-order valence-corrected chi connectivity index (χ2v) is 5.63. The molecule has 132 valence electrons. The number of hydrogen-bond donors (Lipinski definition) is 0. The summed E-state index contributed by atoms with van der Waals surface area (Å²) in [7, 11) is 0. The van der Waals surface area contributed by atoms with Crippen molar-refractivity contribution in [2.45, 2.75) is 12.6 Å². The first-order valence-electron chi connectivity index (χ1n) is 7.78. The predicted octanol–water partition coefficient (Wildman–Crippen LogP) is 2.24. The third kappa shape index (κ3) is 4.04. The van der Waals surface area contributed by atoms with E-state index in [1.807, 2.05) is 0 Å². The first-order valence-corrected chi connectivity index (χ1v) is 7.78. The van der Waals surface area contributed by atoms with Gasteiger partial charge < -0.3 is 9.80 Å². The number of carbonyl (C=O) groups excluding carboxylic acids is 1. The van der Waals surface area contributed by atoms with Gasteiger partial charge in [0.25, 0.3) is 5.91 Å². The molecule has 0 aliphatic carbocycles. The molecule has 3 heterocycles. The summed E-state index contributed by atoms with van der Waals surface area (Å²) in [4.78, 5) is 27.0. The van der Waals surface area contributed by atoms with Crippen molar-refractivity contribution in [2.24, 2.45) is 0 Å². The van der Waals surface area contributed by atoms with Crippen molar-refractivity contribution in [1.82, 2.24) is 19.9 Å². The smallest absolute Gasteiger partial charge is 0.355 e. The van der Waals surface area contributed by atoms with Gasteiger partial charge in [-0.05, 0) is 18.6 Å². The van der Waals surface area contributed by atoms with Crippen LogP contribution in [0.5, 0.6) is 0 Å². The van der Waals surface area contributed by atoms with Crippen molar-refractivity contribution in [2.75, 3.05) is 31.1 Å². The summed E-state index contributed by atoms with van der Waals surface area (Å²) in [5.74, 6) is 0.114. The Hall–Kier alpha value is -2.71. The van der Waals surface area contributed by atoms with Gasteiger partial charge in [0.05, 0.1) is 0 Å². The van der Waals surface area contributed by atoms with Crippen LogP contribution in [-0.2, 0) is 6.18 Å². The van der Waals surface area contributed by atoms with Crippen molar-refractivity contribution in [1.29, 1.82) is 0 Å². The molecule has 9 heteroatoms. The van der Waals surface area contributed by atoms with Crippen LogP contribution in [0.25, 0.3) is 0 Å². The van der Waals surface area contributed by atoms with E-state index >= 15 is 0 Å². The Morgan fingerprint density at radius 2 is 1.80 bits per heavy atom. The van der Waals surface area contributed by atoms with Crippen molar-refractivity contribution in [3.8, 4) is 0 Å². The maximum absolute atomic E-state index is 12.8. The summed E-state index contributed by atoms with van der Waals surface area (Å²) < 4.78 is 38.4. The molecule has 3 rings (SSSR count). The molecule has 0 unspecified atom stereocenters. The standard InChI is InChI=1S/C16H16F3N5O/c17-16(18,19)13-10-14(22-11-21-13)23-6-1-7-24(9-8-23)15(25)12-2-4-20-5-3-12/h2-5,10-11H,1,6-9H2. The van der Waals surface area contributed by atoms with Crippen LogP contribution < -0.4 is 4.90 Å². The molecule has 0 bridgehead atoms. The van der Waals surface area contributed by atoms with Gasteiger partial charge in [-0.1, -0.05) is 0 Å². The summed E-state index contributed by atoms with van der Waals surface area (Å²) in [5, 5.41) is 0. The molecule has 0 aromatic carbocycles. The highest BCUT2D eigenvalue weighted by molar-refractivity contribution is 5.94. The van der Waals surface area contributed by atoms with Gasteiger partial charge >= 0.3 is 6.18 Å². The van der Waals surface area contributed by atoms with E-state index in [0.717, 1.165) is 12.4 Å². The number of carbonyl (C=O) groups is 1. The quantitative estimate of drug-likeness (QED) is 0.830. The fourth-order valence-electron chi connectivity index (χ4n) is 2.70. The summed E-state index contributed by atoms with van der Waals surface area (Å²) >= 11 is 0. The Morgan fingerprint density at radius 1 is 1.04 bits per heavy atom. The number of aromatic nitrogens is 3. The van der Waals surface area contributed by atoms with Crippen LogP contribution in [-0.4, -0.2) is 51.9 Å². The lowest BCUT2D eigenvalue weighted by Gasteiger charge is -2.23. The summed E-state index contributed by atoms with van der Waals surface area (Å²) in [6.45, 7) is 1.88. The molecule has 0 radical (unpaired) electrons. The molecule has 0 atom stereocenters. The molecule has 6 nitrogen and oxygen atoms in total. The third-order valence-corrected chi connectivity index (χ3v) is 3.98. The van der Waals surface area contributed by atoms with E-state index in [1.165, 1.54) is 0 Å². The Kier molecular flexibility index (Phi) is 4.82. The summed E-state index contributed by atoms with van der Waals surface area (Å²) in [6, 6.07) is 4.23. The number of hydrogen-bond acceptors (Lipinski definition) is 5. The van der Waals surface area contributed by atoms with Crippen molar-refractivity contribution < 1.29 is 18.0 Å². The normalized spacial score (nSPS) is 15.8. The van der Waals surface area contributed by atoms with Gasteiger partial charge in [0.15, 0.2) is 0 Å². The largest absolute Gasteiger partial charge is 0.433 e. The van der Waals surface area contributed by atoms with Gasteiger partial charge in [-0.3, -0.25) is 9.78 Å². The number of anilines is 1. The Labute approximate surface area is 142 Å². The van der Waals surface area contributed by atoms with E-state index < -0.39 is 11.9 Å². The third-order valence-electron chi connectivity index (χ3n) is 3.98. The van der Waals surface area contributed by atoms with E-state index in [-0.39, 0.29) is 11.7 Å². The highest BCUT2D eigenvalue weighted by atomic mass is 19.4. The fourth-order valence-corrected chi connectivity index (χ4v) is 2.70. The monoisotopic (exact) mass is 351 g/mol. The minimum absolute atomic E-state index is 0.108. The Morgan fingerprint density at radius 3 is 2.52 bits per heavy atom. The van der Waals surface area contributed by atoms with Crippen molar-refractivity contribution >= 4 is 11.7 Å². The molecular weight excluding hydrogens is 335 g/mol. The first-order chi connectivity index (χ1) is 11.9. The van der Waals surface area contributed by atoms with Gasteiger partial charge in [0, 0.05) is 50.2 Å². The molecule has 25 heavy (non-hydrogen) atoms. The van der Waals surface area contributed by atoms with Crippen LogP contribution >= 0.6 is 0 Å². The average Bonchev–Trinajstić information content (AvgIpc) is 2.87. The molecule has 2 aromatic heterocycles. The molecule has 1 fully saturated rings. The van der Waals surface area contributed by atoms with E-state index in [4.69, 9.17) is 0 Å². The van der Waals surface area contributed by atoms with Crippen LogP contribution in [0.2, 0.25) is 0 Å². The average molecular weight is 351 g/mol. The maximum Gasteiger partial charge on any atom is 0.433 e. The van der Waals surface area contributed by atoms with E-state index in [1.54, 1.807) is 34.3 Å². The Bertz CT molecular complexity index is 738. The number of pyridine rings is 1. The molecule has 1 saturated heterocycles. The number of amides is 1. The lowest BCUT2D eigenvalue weighted by atomic mass is 10.2. The van der Waals surface area contributed by atoms with Gasteiger partial charge in [-0.15, -0.1) is 0 Å². The molecule has 0 N–H and O–H groups in total. The molecular formula is C16H16F3N5O. The molecule has 2 aromatic rings. The molecule has 1 aliphatic heterocycles. The highest BCUT2D eigenvalue weighted by Crippen LogP contribution is 2.29. The zero-order chi connectivity index (χ0) is 17.9. The number of halogens is 3. The van der Waals surface area contributed by atoms with Crippen LogP contribution in [0.15, 0.2) is 36.9 Å². The molecule has 1 amide bonds. The second kappa shape index (κ2) is 7.04. The van der Waals surface area contributed by atoms with Gasteiger partial charge in [-0.25, -0.2) is 9.97 Å². The zero-order valence-corrected chi connectivity index (χ0v) is 13.3. The van der Waals surface area contributed by atoms with Crippen molar-refractivity contribution in [3.05, 3.63) is 48.2 Å². The van der Waals surface area contributed by atoms with Gasteiger partial charge in [0.1, 0.15) is 17.8 Å². The maximum atomic E-state index is 12.8. The molecule has 1 aliphatic rings. The Balaban J connectivity index is 1.71. The van der Waals surface area contributed by atoms with E-state index in [2.05, 4.69) is 15.0 Å². The predicted molar refractivity (Wildman–Crippen MR) is 84.0 cm³/mol. The van der Waals surface area contributed by atoms with Crippen molar-refractivity contribution in [3.63, 3.8) is 0 Å². The molecule has 0 spiro atoms. The topological polar surface area (TPSA) is 62.2 Å².